The zero-order valence-electron chi connectivity index (χ0n) is 12.3. The van der Waals surface area contributed by atoms with Crippen LogP contribution in [-0.2, 0) is 4.79 Å². The van der Waals surface area contributed by atoms with Gasteiger partial charge < -0.3 is 14.7 Å². The molecule has 0 saturated carbocycles. The minimum atomic E-state index is -0.948. The van der Waals surface area contributed by atoms with Gasteiger partial charge >= 0.3 is 12.0 Å². The third kappa shape index (κ3) is 3.09. The predicted molar refractivity (Wildman–Crippen MR) is 78.8 cm³/mol. The maximum Gasteiger partial charge on any atom is 0.326 e. The molecule has 1 aliphatic heterocycles. The molecule has 1 unspecified atom stereocenters. The number of methoxy groups -OCH3 is 1. The normalized spacial score (nSPS) is 18.2. The van der Waals surface area contributed by atoms with Gasteiger partial charge in [-0.2, -0.15) is 0 Å². The van der Waals surface area contributed by atoms with Crippen LogP contribution in [0.5, 0.6) is 5.75 Å². The number of likely N-dealkylation sites (tertiary alicyclic amines) is 1. The fraction of sp³-hybridized carbons (Fsp3) is 0.467. The summed E-state index contributed by atoms with van der Waals surface area (Å²) in [6.07, 6.45) is 2.16. The van der Waals surface area contributed by atoms with Gasteiger partial charge in [-0.15, -0.1) is 0 Å². The number of carboxylic acid groups (broad SMARTS) is 1. The number of carbonyl (C=O) groups is 2. The first kappa shape index (κ1) is 15.2. The van der Waals surface area contributed by atoms with Crippen molar-refractivity contribution in [1.82, 2.24) is 4.90 Å². The number of anilines is 1. The Morgan fingerprint density at radius 1 is 1.33 bits per heavy atom. The lowest BCUT2D eigenvalue weighted by Gasteiger charge is -2.36. The number of hydrogen-bond donors (Lipinski definition) is 1. The summed E-state index contributed by atoms with van der Waals surface area (Å²) in [6, 6.07) is 6.11. The van der Waals surface area contributed by atoms with E-state index in [9.17, 15) is 14.7 Å². The van der Waals surface area contributed by atoms with Crippen molar-refractivity contribution in [2.45, 2.75) is 25.3 Å². The molecule has 1 aromatic rings. The second kappa shape index (κ2) is 6.47. The maximum absolute atomic E-state index is 12.6. The molecule has 1 fully saturated rings. The highest BCUT2D eigenvalue weighted by Gasteiger charge is 2.34. The van der Waals surface area contributed by atoms with Crippen LogP contribution in [0, 0.1) is 0 Å². The Labute approximate surface area is 123 Å². The number of carboxylic acids is 1. The minimum absolute atomic E-state index is 0.313. The van der Waals surface area contributed by atoms with Crippen LogP contribution in [0.3, 0.4) is 0 Å². The molecular weight excluding hydrogens is 272 g/mol. The van der Waals surface area contributed by atoms with E-state index < -0.39 is 12.0 Å². The van der Waals surface area contributed by atoms with E-state index >= 15 is 0 Å². The molecule has 1 aromatic carbocycles. The highest BCUT2D eigenvalue weighted by atomic mass is 16.5. The van der Waals surface area contributed by atoms with E-state index in [0.717, 1.165) is 12.8 Å². The average Bonchev–Trinajstić information content (AvgIpc) is 2.53. The Kier molecular flexibility index (Phi) is 4.67. The number of aliphatic carboxylic acids is 1. The molecule has 6 nitrogen and oxygen atoms in total. The zero-order chi connectivity index (χ0) is 15.4. The summed E-state index contributed by atoms with van der Waals surface area (Å²) in [5.41, 5.74) is 0.625. The summed E-state index contributed by atoms with van der Waals surface area (Å²) < 4.78 is 5.25. The topological polar surface area (TPSA) is 70.1 Å². The van der Waals surface area contributed by atoms with Crippen molar-refractivity contribution in [3.8, 4) is 5.75 Å². The van der Waals surface area contributed by atoms with E-state index in [1.165, 1.54) is 16.9 Å². The maximum atomic E-state index is 12.6. The van der Waals surface area contributed by atoms with Crippen molar-refractivity contribution < 1.29 is 19.4 Å². The molecule has 6 heteroatoms. The molecule has 1 N–H and O–H groups in total. The molecule has 0 spiro atoms. The summed E-state index contributed by atoms with van der Waals surface area (Å²) in [7, 11) is 3.17. The van der Waals surface area contributed by atoms with E-state index in [0.29, 0.717) is 24.4 Å². The van der Waals surface area contributed by atoms with Gasteiger partial charge in [-0.25, -0.2) is 9.59 Å². The molecule has 1 aliphatic rings. The highest BCUT2D eigenvalue weighted by molar-refractivity contribution is 5.95. The van der Waals surface area contributed by atoms with E-state index in [2.05, 4.69) is 0 Å². The fourth-order valence-electron chi connectivity index (χ4n) is 2.62. The molecule has 1 atom stereocenters. The first-order valence-electron chi connectivity index (χ1n) is 6.96. The van der Waals surface area contributed by atoms with Gasteiger partial charge in [0, 0.05) is 13.6 Å². The summed E-state index contributed by atoms with van der Waals surface area (Å²) in [4.78, 5) is 26.8. The second-order valence-corrected chi connectivity index (χ2v) is 5.06. The van der Waals surface area contributed by atoms with E-state index in [1.54, 1.807) is 19.2 Å². The summed E-state index contributed by atoms with van der Waals surface area (Å²) >= 11 is 0. The number of piperidine rings is 1. The number of para-hydroxylation sites is 2. The Balaban J connectivity index is 2.23. The largest absolute Gasteiger partial charge is 0.495 e. The van der Waals surface area contributed by atoms with E-state index in [4.69, 9.17) is 4.74 Å². The highest BCUT2D eigenvalue weighted by Crippen LogP contribution is 2.28. The smallest absolute Gasteiger partial charge is 0.326 e. The molecule has 2 amide bonds. The SMILES string of the molecule is COc1ccccc1N(C)C(=O)N1CCCCC1C(=O)O. The van der Waals surface area contributed by atoms with Crippen LogP contribution in [0.4, 0.5) is 10.5 Å². The van der Waals surface area contributed by atoms with Crippen molar-refractivity contribution in [3.63, 3.8) is 0 Å². The lowest BCUT2D eigenvalue weighted by atomic mass is 10.0. The molecule has 0 bridgehead atoms. The van der Waals surface area contributed by atoms with Crippen LogP contribution in [0.2, 0.25) is 0 Å². The first-order valence-corrected chi connectivity index (χ1v) is 6.96. The van der Waals surface area contributed by atoms with E-state index in [1.807, 2.05) is 12.1 Å². The van der Waals surface area contributed by atoms with Gasteiger partial charge in [0.05, 0.1) is 12.8 Å². The van der Waals surface area contributed by atoms with Gasteiger partial charge in [0.15, 0.2) is 0 Å². The van der Waals surface area contributed by atoms with Gasteiger partial charge in [-0.05, 0) is 31.4 Å². The third-order valence-corrected chi connectivity index (χ3v) is 3.77. The molecule has 0 aromatic heterocycles. The van der Waals surface area contributed by atoms with Crippen LogP contribution >= 0.6 is 0 Å². The molecule has 114 valence electrons. The summed E-state index contributed by atoms with van der Waals surface area (Å²) in [6.45, 7) is 0.468. The van der Waals surface area contributed by atoms with Crippen molar-refractivity contribution in [2.75, 3.05) is 25.6 Å². The quantitative estimate of drug-likeness (QED) is 0.927. The summed E-state index contributed by atoms with van der Waals surface area (Å²) in [5, 5.41) is 9.27. The Morgan fingerprint density at radius 3 is 2.71 bits per heavy atom. The van der Waals surface area contributed by atoms with Crippen molar-refractivity contribution >= 4 is 17.7 Å². The molecule has 2 rings (SSSR count). The zero-order valence-corrected chi connectivity index (χ0v) is 12.3. The first-order chi connectivity index (χ1) is 10.1. The van der Waals surface area contributed by atoms with Crippen molar-refractivity contribution in [3.05, 3.63) is 24.3 Å². The van der Waals surface area contributed by atoms with Crippen LogP contribution < -0.4 is 9.64 Å². The monoisotopic (exact) mass is 292 g/mol. The number of carbonyl (C=O) groups excluding carboxylic acids is 1. The second-order valence-electron chi connectivity index (χ2n) is 5.06. The van der Waals surface area contributed by atoms with Gasteiger partial charge in [0.25, 0.3) is 0 Å². The Morgan fingerprint density at radius 2 is 2.05 bits per heavy atom. The lowest BCUT2D eigenvalue weighted by Crippen LogP contribution is -2.52. The predicted octanol–water partition coefficient (Wildman–Crippen LogP) is 2.19. The number of hydrogen-bond acceptors (Lipinski definition) is 3. The third-order valence-electron chi connectivity index (χ3n) is 3.77. The fourth-order valence-corrected chi connectivity index (χ4v) is 2.62. The average molecular weight is 292 g/mol. The van der Waals surface area contributed by atoms with Crippen LogP contribution in [0.1, 0.15) is 19.3 Å². The number of nitrogens with zero attached hydrogens (tertiary/aromatic N) is 2. The molecule has 21 heavy (non-hydrogen) atoms. The van der Waals surface area contributed by atoms with Crippen molar-refractivity contribution in [1.29, 1.82) is 0 Å². The Bertz CT molecular complexity index is 532. The lowest BCUT2D eigenvalue weighted by molar-refractivity contribution is -0.143. The Hall–Kier alpha value is -2.24. The van der Waals surface area contributed by atoms with Gasteiger partial charge in [0.2, 0.25) is 0 Å². The molecule has 1 heterocycles. The van der Waals surface area contributed by atoms with Crippen LogP contribution in [-0.4, -0.2) is 48.8 Å². The summed E-state index contributed by atoms with van der Waals surface area (Å²) in [5.74, 6) is -0.367. The van der Waals surface area contributed by atoms with Crippen LogP contribution in [0.15, 0.2) is 24.3 Å². The van der Waals surface area contributed by atoms with Gasteiger partial charge in [-0.3, -0.25) is 4.90 Å². The number of benzene rings is 1. The van der Waals surface area contributed by atoms with Gasteiger partial charge in [-0.1, -0.05) is 12.1 Å². The number of rotatable bonds is 3. The number of urea groups is 1. The minimum Gasteiger partial charge on any atom is -0.495 e. The standard InChI is InChI=1S/C15H20N2O4/c1-16(11-7-3-4-9-13(11)21-2)15(20)17-10-6-5-8-12(17)14(18)19/h3-4,7,9,12H,5-6,8,10H2,1-2H3,(H,18,19). The van der Waals surface area contributed by atoms with Gasteiger partial charge in [0.1, 0.15) is 11.8 Å². The molecule has 0 aliphatic carbocycles. The van der Waals surface area contributed by atoms with Crippen LogP contribution in [0.25, 0.3) is 0 Å². The van der Waals surface area contributed by atoms with E-state index in [-0.39, 0.29) is 6.03 Å². The number of amides is 2. The number of ether oxygens (including phenoxy) is 1. The molecule has 0 radical (unpaired) electrons. The molecular formula is C15H20N2O4. The molecule has 1 saturated heterocycles. The van der Waals surface area contributed by atoms with Crippen molar-refractivity contribution in [2.24, 2.45) is 0 Å².